The van der Waals surface area contributed by atoms with Crippen molar-refractivity contribution in [3.8, 4) is 0 Å². The van der Waals surface area contributed by atoms with E-state index >= 15 is 0 Å². The van der Waals surface area contributed by atoms with Gasteiger partial charge in [0.2, 0.25) is 11.8 Å². The van der Waals surface area contributed by atoms with E-state index in [4.69, 9.17) is 17.3 Å². The monoisotopic (exact) mass is 323 g/mol. The van der Waals surface area contributed by atoms with Gasteiger partial charge in [-0.2, -0.15) is 0 Å². The molecule has 2 unspecified atom stereocenters. The number of nitrogens with two attached hydrogens (primary N) is 1. The fraction of sp³-hybridized carbons (Fsp3) is 0.500. The van der Waals surface area contributed by atoms with Gasteiger partial charge in [-0.05, 0) is 37.0 Å². The topological polar surface area (TPSA) is 84.2 Å². The van der Waals surface area contributed by atoms with E-state index in [9.17, 15) is 9.59 Å². The molecule has 0 spiro atoms. The molecule has 1 aliphatic rings. The third-order valence-electron chi connectivity index (χ3n) is 3.98. The third kappa shape index (κ3) is 4.71. The van der Waals surface area contributed by atoms with Crippen LogP contribution in [0.4, 0.5) is 11.4 Å². The van der Waals surface area contributed by atoms with Crippen molar-refractivity contribution >= 4 is 34.8 Å². The first-order valence-corrected chi connectivity index (χ1v) is 7.96. The highest BCUT2D eigenvalue weighted by atomic mass is 35.5. The lowest BCUT2D eigenvalue weighted by atomic mass is 9.83. The summed E-state index contributed by atoms with van der Waals surface area (Å²) in [5.74, 6) is 0.0125. The molecule has 1 saturated carbocycles. The molecule has 0 saturated heterocycles. The van der Waals surface area contributed by atoms with Gasteiger partial charge in [0.1, 0.15) is 0 Å². The molecular formula is C16H22ClN3O2. The predicted octanol–water partition coefficient (Wildman–Crippen LogP) is 3.14. The van der Waals surface area contributed by atoms with Gasteiger partial charge in [-0.1, -0.05) is 24.4 Å². The molecule has 2 amide bonds. The fourth-order valence-electron chi connectivity index (χ4n) is 2.82. The molecule has 1 aliphatic carbocycles. The minimum absolute atomic E-state index is 0.0503. The lowest BCUT2D eigenvalue weighted by Crippen LogP contribution is -2.35. The fourth-order valence-corrected chi connectivity index (χ4v) is 3.05. The molecule has 2 rings (SSSR count). The third-order valence-corrected chi connectivity index (χ3v) is 4.29. The summed E-state index contributed by atoms with van der Waals surface area (Å²) in [6.07, 6.45) is 4.74. The van der Waals surface area contributed by atoms with Crippen molar-refractivity contribution in [2.24, 2.45) is 11.7 Å². The van der Waals surface area contributed by atoms with Crippen LogP contribution in [0, 0.1) is 5.92 Å². The highest BCUT2D eigenvalue weighted by molar-refractivity contribution is 6.34. The van der Waals surface area contributed by atoms with Crippen LogP contribution < -0.4 is 16.4 Å². The number of benzene rings is 1. The molecule has 0 bridgehead atoms. The molecule has 4 N–H and O–H groups in total. The molecule has 5 nitrogen and oxygen atoms in total. The molecule has 22 heavy (non-hydrogen) atoms. The number of nitrogens with one attached hydrogen (secondary N) is 2. The van der Waals surface area contributed by atoms with E-state index in [0.29, 0.717) is 22.8 Å². The van der Waals surface area contributed by atoms with Crippen LogP contribution in [0.1, 0.15) is 39.0 Å². The zero-order valence-electron chi connectivity index (χ0n) is 12.7. The average Bonchev–Trinajstić information content (AvgIpc) is 2.44. The molecule has 6 heteroatoms. The molecule has 1 aromatic rings. The van der Waals surface area contributed by atoms with E-state index in [1.54, 1.807) is 18.2 Å². The summed E-state index contributed by atoms with van der Waals surface area (Å²) in [6.45, 7) is 1.42. The zero-order valence-corrected chi connectivity index (χ0v) is 13.5. The van der Waals surface area contributed by atoms with Crippen LogP contribution in [0.2, 0.25) is 5.02 Å². The molecular weight excluding hydrogens is 302 g/mol. The SMILES string of the molecule is CC(=O)Nc1ccc(NC(=O)CC2CCCCC2N)cc1Cl. The van der Waals surface area contributed by atoms with Gasteiger partial charge in [0.25, 0.3) is 0 Å². The van der Waals surface area contributed by atoms with E-state index < -0.39 is 0 Å². The lowest BCUT2D eigenvalue weighted by molar-refractivity contribution is -0.117. The minimum atomic E-state index is -0.190. The second-order valence-corrected chi connectivity index (χ2v) is 6.24. The van der Waals surface area contributed by atoms with Crippen LogP contribution >= 0.6 is 11.6 Å². The molecule has 120 valence electrons. The highest BCUT2D eigenvalue weighted by Crippen LogP contribution is 2.28. The van der Waals surface area contributed by atoms with E-state index in [2.05, 4.69) is 10.6 Å². The average molecular weight is 324 g/mol. The summed E-state index contributed by atoms with van der Waals surface area (Å²) in [7, 11) is 0. The summed E-state index contributed by atoms with van der Waals surface area (Å²) in [4.78, 5) is 23.1. The summed E-state index contributed by atoms with van der Waals surface area (Å²) < 4.78 is 0. The van der Waals surface area contributed by atoms with Gasteiger partial charge in [0, 0.05) is 25.1 Å². The van der Waals surface area contributed by atoms with Crippen molar-refractivity contribution in [3.63, 3.8) is 0 Å². The van der Waals surface area contributed by atoms with Crippen molar-refractivity contribution in [3.05, 3.63) is 23.2 Å². The van der Waals surface area contributed by atoms with Crippen LogP contribution in [0.25, 0.3) is 0 Å². The quantitative estimate of drug-likeness (QED) is 0.795. The predicted molar refractivity (Wildman–Crippen MR) is 88.9 cm³/mol. The maximum absolute atomic E-state index is 12.1. The molecule has 1 fully saturated rings. The first kappa shape index (κ1) is 16.8. The minimum Gasteiger partial charge on any atom is -0.327 e. The summed E-state index contributed by atoms with van der Waals surface area (Å²) in [5, 5.41) is 5.86. The van der Waals surface area contributed by atoms with E-state index in [1.165, 1.54) is 6.92 Å². The maximum Gasteiger partial charge on any atom is 0.224 e. The van der Waals surface area contributed by atoms with Crippen LogP contribution in [0.3, 0.4) is 0 Å². The Hall–Kier alpha value is -1.59. The van der Waals surface area contributed by atoms with Crippen molar-refractivity contribution in [1.82, 2.24) is 0 Å². The number of anilines is 2. The Morgan fingerprint density at radius 3 is 2.64 bits per heavy atom. The number of carbonyl (C=O) groups excluding carboxylic acids is 2. The van der Waals surface area contributed by atoms with Crippen molar-refractivity contribution in [1.29, 1.82) is 0 Å². The van der Waals surface area contributed by atoms with Crippen LogP contribution in [-0.4, -0.2) is 17.9 Å². The van der Waals surface area contributed by atoms with Gasteiger partial charge < -0.3 is 16.4 Å². The Morgan fingerprint density at radius 2 is 2.00 bits per heavy atom. The first-order chi connectivity index (χ1) is 10.5. The van der Waals surface area contributed by atoms with Crippen LogP contribution in [0.5, 0.6) is 0 Å². The molecule has 0 radical (unpaired) electrons. The van der Waals surface area contributed by atoms with Gasteiger partial charge in [0.05, 0.1) is 10.7 Å². The first-order valence-electron chi connectivity index (χ1n) is 7.58. The number of halogens is 1. The summed E-state index contributed by atoms with van der Waals surface area (Å²) in [5.41, 5.74) is 7.22. The maximum atomic E-state index is 12.1. The molecule has 0 heterocycles. The van der Waals surface area contributed by atoms with Gasteiger partial charge in [-0.15, -0.1) is 0 Å². The Balaban J connectivity index is 1.93. The summed E-state index contributed by atoms with van der Waals surface area (Å²) in [6, 6.07) is 5.14. The number of rotatable bonds is 4. The standard InChI is InChI=1S/C16H22ClN3O2/c1-10(21)19-15-7-6-12(9-13(15)17)20-16(22)8-11-4-2-3-5-14(11)18/h6-7,9,11,14H,2-5,8,18H2,1H3,(H,19,21)(H,20,22). The van der Waals surface area contributed by atoms with Crippen molar-refractivity contribution < 1.29 is 9.59 Å². The van der Waals surface area contributed by atoms with Gasteiger partial charge in [0.15, 0.2) is 0 Å². The smallest absolute Gasteiger partial charge is 0.224 e. The Morgan fingerprint density at radius 1 is 1.27 bits per heavy atom. The number of carbonyl (C=O) groups is 2. The van der Waals surface area contributed by atoms with Gasteiger partial charge >= 0.3 is 0 Å². The molecule has 2 atom stereocenters. The zero-order chi connectivity index (χ0) is 16.1. The number of amides is 2. The number of hydrogen-bond donors (Lipinski definition) is 3. The Kier molecular flexibility index (Phi) is 5.80. The second kappa shape index (κ2) is 7.61. The molecule has 1 aromatic carbocycles. The largest absolute Gasteiger partial charge is 0.327 e. The molecule has 0 aromatic heterocycles. The second-order valence-electron chi connectivity index (χ2n) is 5.84. The van der Waals surface area contributed by atoms with Crippen molar-refractivity contribution in [2.75, 3.05) is 10.6 Å². The van der Waals surface area contributed by atoms with E-state index in [1.807, 2.05) is 0 Å². The van der Waals surface area contributed by atoms with Crippen LogP contribution in [-0.2, 0) is 9.59 Å². The van der Waals surface area contributed by atoms with Crippen LogP contribution in [0.15, 0.2) is 18.2 Å². The van der Waals surface area contributed by atoms with Gasteiger partial charge in [-0.25, -0.2) is 0 Å². The van der Waals surface area contributed by atoms with E-state index in [0.717, 1.165) is 25.7 Å². The summed E-state index contributed by atoms with van der Waals surface area (Å²) >= 11 is 6.09. The van der Waals surface area contributed by atoms with Gasteiger partial charge in [-0.3, -0.25) is 9.59 Å². The molecule has 0 aliphatic heterocycles. The highest BCUT2D eigenvalue weighted by Gasteiger charge is 2.24. The Labute approximate surface area is 135 Å². The Bertz CT molecular complexity index is 562. The van der Waals surface area contributed by atoms with Crippen molar-refractivity contribution in [2.45, 2.75) is 45.1 Å². The number of hydrogen-bond acceptors (Lipinski definition) is 3. The lowest BCUT2D eigenvalue weighted by Gasteiger charge is -2.27. The normalized spacial score (nSPS) is 21.2. The van der Waals surface area contributed by atoms with E-state index in [-0.39, 0.29) is 23.8 Å².